The summed E-state index contributed by atoms with van der Waals surface area (Å²) >= 11 is 5.97. The summed E-state index contributed by atoms with van der Waals surface area (Å²) in [5.74, 6) is -1.53. The van der Waals surface area contributed by atoms with E-state index in [-0.39, 0.29) is 17.4 Å². The average molecular weight is 635 g/mol. The molecule has 0 radical (unpaired) electrons. The van der Waals surface area contributed by atoms with E-state index in [0.717, 1.165) is 33.3 Å². The first-order valence-corrected chi connectivity index (χ1v) is 15.7. The number of nitrogens with zero attached hydrogens (tertiary/aromatic N) is 1. The third-order valence-corrected chi connectivity index (χ3v) is 9.26. The van der Waals surface area contributed by atoms with Crippen LogP contribution in [0.4, 0.5) is 14.5 Å². The van der Waals surface area contributed by atoms with Crippen LogP contribution in [0.5, 0.6) is 5.75 Å². The van der Waals surface area contributed by atoms with Crippen molar-refractivity contribution >= 4 is 44.0 Å². The van der Waals surface area contributed by atoms with Gasteiger partial charge in [0, 0.05) is 28.8 Å². The number of benzene rings is 5. The second-order valence-electron chi connectivity index (χ2n) is 10.1. The number of nitrogens with one attached hydrogen (secondary N) is 1. The predicted octanol–water partition coefficient (Wildman–Crippen LogP) is 7.93. The number of hydrogen-bond donors (Lipinski definition) is 1. The van der Waals surface area contributed by atoms with Crippen LogP contribution in [0.25, 0.3) is 10.8 Å². The molecular weight excluding hydrogens is 606 g/mol. The standard InChI is InChI=1S/C34H29ClF2N2O4S/c1-23(39(32-22-28(36)15-18-31(32)37)44(41,42)29-16-13-27(35)14-17-29)30-9-4-5-10-33(30)43-20-6-19-38-34(40)26-12-11-24-7-2-3-8-25(24)21-26/h2-5,7-18,21-23H,6,19-20H2,1H3,(H,38,40). The number of ether oxygens (including phenoxy) is 1. The summed E-state index contributed by atoms with van der Waals surface area (Å²) in [6.07, 6.45) is 0.466. The molecule has 5 aromatic carbocycles. The van der Waals surface area contributed by atoms with Crippen LogP contribution in [0.15, 0.2) is 114 Å². The van der Waals surface area contributed by atoms with Gasteiger partial charge >= 0.3 is 0 Å². The Hall–Kier alpha value is -4.47. The lowest BCUT2D eigenvalue weighted by Gasteiger charge is -2.32. The lowest BCUT2D eigenvalue weighted by Crippen LogP contribution is -2.34. The van der Waals surface area contributed by atoms with Crippen molar-refractivity contribution in [3.8, 4) is 5.75 Å². The molecule has 44 heavy (non-hydrogen) atoms. The zero-order valence-electron chi connectivity index (χ0n) is 23.7. The Bertz CT molecular complexity index is 1900. The van der Waals surface area contributed by atoms with Gasteiger partial charge in [0.05, 0.1) is 23.2 Å². The third-order valence-electron chi connectivity index (χ3n) is 7.11. The van der Waals surface area contributed by atoms with Crippen molar-refractivity contribution in [2.75, 3.05) is 17.5 Å². The van der Waals surface area contributed by atoms with Gasteiger partial charge in [0.25, 0.3) is 15.9 Å². The van der Waals surface area contributed by atoms with Gasteiger partial charge in [-0.3, -0.25) is 9.10 Å². The van der Waals surface area contributed by atoms with E-state index in [1.807, 2.05) is 36.4 Å². The SMILES string of the molecule is CC(c1ccccc1OCCCNC(=O)c1ccc2ccccc2c1)N(c1cc(F)ccc1F)S(=O)(=O)c1ccc(Cl)cc1. The lowest BCUT2D eigenvalue weighted by atomic mass is 10.1. The first-order valence-electron chi connectivity index (χ1n) is 13.9. The highest BCUT2D eigenvalue weighted by Gasteiger charge is 2.34. The van der Waals surface area contributed by atoms with Gasteiger partial charge in [-0.15, -0.1) is 0 Å². The van der Waals surface area contributed by atoms with Gasteiger partial charge in [-0.05, 0) is 78.7 Å². The third kappa shape index (κ3) is 6.85. The first kappa shape index (κ1) is 31.0. The topological polar surface area (TPSA) is 75.7 Å². The molecule has 10 heteroatoms. The molecule has 1 amide bonds. The zero-order valence-corrected chi connectivity index (χ0v) is 25.3. The molecule has 5 aromatic rings. The van der Waals surface area contributed by atoms with Crippen LogP contribution in [0.1, 0.15) is 35.3 Å². The van der Waals surface area contributed by atoms with Crippen molar-refractivity contribution in [1.29, 1.82) is 0 Å². The van der Waals surface area contributed by atoms with Crippen LogP contribution < -0.4 is 14.4 Å². The van der Waals surface area contributed by atoms with E-state index in [2.05, 4.69) is 5.32 Å². The molecule has 0 saturated carbocycles. The fraction of sp³-hybridized carbons (Fsp3) is 0.147. The Kier molecular flexibility index (Phi) is 9.46. The van der Waals surface area contributed by atoms with Crippen LogP contribution >= 0.6 is 11.6 Å². The number of para-hydroxylation sites is 1. The number of fused-ring (bicyclic) bond motifs is 1. The van der Waals surface area contributed by atoms with Gasteiger partial charge < -0.3 is 10.1 Å². The molecule has 0 saturated heterocycles. The molecular formula is C34H29ClF2N2O4S. The van der Waals surface area contributed by atoms with Crippen LogP contribution in [0.2, 0.25) is 5.02 Å². The number of rotatable bonds is 11. The van der Waals surface area contributed by atoms with Crippen LogP contribution in [-0.4, -0.2) is 27.5 Å². The zero-order chi connectivity index (χ0) is 31.3. The Labute approximate surface area is 259 Å². The minimum atomic E-state index is -4.39. The van der Waals surface area contributed by atoms with E-state index in [9.17, 15) is 17.6 Å². The second kappa shape index (κ2) is 13.4. The molecule has 0 fully saturated rings. The fourth-order valence-corrected chi connectivity index (χ4v) is 6.66. The quantitative estimate of drug-likeness (QED) is 0.150. The van der Waals surface area contributed by atoms with Crippen LogP contribution in [-0.2, 0) is 10.0 Å². The Balaban J connectivity index is 1.32. The summed E-state index contributed by atoms with van der Waals surface area (Å²) in [6, 6.07) is 27.2. The highest BCUT2D eigenvalue weighted by molar-refractivity contribution is 7.92. The van der Waals surface area contributed by atoms with Crippen LogP contribution in [0, 0.1) is 11.6 Å². The maximum Gasteiger partial charge on any atom is 0.264 e. The molecule has 0 heterocycles. The summed E-state index contributed by atoms with van der Waals surface area (Å²) in [5.41, 5.74) is 0.544. The molecule has 1 N–H and O–H groups in total. The number of halogens is 3. The van der Waals surface area contributed by atoms with Gasteiger partial charge in [-0.25, -0.2) is 17.2 Å². The van der Waals surface area contributed by atoms with E-state index >= 15 is 4.39 Å². The summed E-state index contributed by atoms with van der Waals surface area (Å²) in [6.45, 7) is 2.12. The maximum absolute atomic E-state index is 15.1. The predicted molar refractivity (Wildman–Crippen MR) is 169 cm³/mol. The molecule has 6 nitrogen and oxygen atoms in total. The Morgan fingerprint density at radius 2 is 1.59 bits per heavy atom. The minimum absolute atomic E-state index is 0.141. The van der Waals surface area contributed by atoms with E-state index in [1.165, 1.54) is 24.3 Å². The van der Waals surface area contributed by atoms with Crippen molar-refractivity contribution in [3.05, 3.63) is 137 Å². The van der Waals surface area contributed by atoms with E-state index in [0.29, 0.717) is 34.9 Å². The summed E-state index contributed by atoms with van der Waals surface area (Å²) in [7, 11) is -4.39. The molecule has 0 aromatic heterocycles. The summed E-state index contributed by atoms with van der Waals surface area (Å²) < 4.78 is 64.1. The molecule has 1 atom stereocenters. The number of hydrogen-bond acceptors (Lipinski definition) is 4. The van der Waals surface area contributed by atoms with Gasteiger partial charge in [0.1, 0.15) is 17.4 Å². The largest absolute Gasteiger partial charge is 0.493 e. The second-order valence-corrected chi connectivity index (χ2v) is 12.3. The van der Waals surface area contributed by atoms with Crippen LogP contribution in [0.3, 0.4) is 0 Å². The molecule has 0 spiro atoms. The Morgan fingerprint density at radius 1 is 0.886 bits per heavy atom. The molecule has 0 aliphatic rings. The first-order chi connectivity index (χ1) is 21.1. The number of carbonyl (C=O) groups excluding carboxylic acids is 1. The summed E-state index contributed by atoms with van der Waals surface area (Å²) in [5, 5.41) is 5.23. The van der Waals surface area contributed by atoms with Gasteiger partial charge in [0.15, 0.2) is 0 Å². The van der Waals surface area contributed by atoms with Crippen molar-refractivity contribution < 1.29 is 26.7 Å². The van der Waals surface area contributed by atoms with Crippen molar-refractivity contribution in [2.24, 2.45) is 0 Å². The molecule has 5 rings (SSSR count). The average Bonchev–Trinajstić information content (AvgIpc) is 3.02. The Morgan fingerprint density at radius 3 is 2.36 bits per heavy atom. The molecule has 226 valence electrons. The molecule has 0 aliphatic carbocycles. The number of amides is 1. The lowest BCUT2D eigenvalue weighted by molar-refractivity contribution is 0.0951. The normalized spacial score (nSPS) is 12.1. The van der Waals surface area contributed by atoms with Gasteiger partial charge in [-0.1, -0.05) is 60.1 Å². The fourth-order valence-electron chi connectivity index (χ4n) is 4.89. The number of anilines is 1. The van der Waals surface area contributed by atoms with Gasteiger partial charge in [0.2, 0.25) is 0 Å². The molecule has 0 bridgehead atoms. The van der Waals surface area contributed by atoms with Crippen molar-refractivity contribution in [3.63, 3.8) is 0 Å². The summed E-state index contributed by atoms with van der Waals surface area (Å²) in [4.78, 5) is 12.5. The monoisotopic (exact) mass is 634 g/mol. The van der Waals surface area contributed by atoms with E-state index < -0.39 is 33.4 Å². The number of sulfonamides is 1. The molecule has 1 unspecified atom stereocenters. The molecule has 0 aliphatic heterocycles. The highest BCUT2D eigenvalue weighted by atomic mass is 35.5. The highest BCUT2D eigenvalue weighted by Crippen LogP contribution is 2.38. The van der Waals surface area contributed by atoms with E-state index in [1.54, 1.807) is 37.3 Å². The van der Waals surface area contributed by atoms with E-state index in [4.69, 9.17) is 16.3 Å². The van der Waals surface area contributed by atoms with Crippen molar-refractivity contribution in [2.45, 2.75) is 24.3 Å². The number of carbonyl (C=O) groups is 1. The smallest absolute Gasteiger partial charge is 0.264 e. The minimum Gasteiger partial charge on any atom is -0.493 e. The van der Waals surface area contributed by atoms with Crippen molar-refractivity contribution in [1.82, 2.24) is 5.32 Å². The van der Waals surface area contributed by atoms with Gasteiger partial charge in [-0.2, -0.15) is 0 Å². The maximum atomic E-state index is 15.1.